The topological polar surface area (TPSA) is 94.2 Å². The summed E-state index contributed by atoms with van der Waals surface area (Å²) in [4.78, 5) is 14.2. The number of carbonyl (C=O) groups is 1. The number of carbonyl (C=O) groups excluding carboxylic acids is 1. The van der Waals surface area contributed by atoms with Crippen LogP contribution >= 0.6 is 0 Å². The highest BCUT2D eigenvalue weighted by Gasteiger charge is 2.31. The summed E-state index contributed by atoms with van der Waals surface area (Å²) in [6.07, 6.45) is 0.289. The zero-order valence-electron chi connectivity index (χ0n) is 16.7. The Hall–Kier alpha value is -2.78. The minimum Gasteiger partial charge on any atom is -0.494 e. The molecular formula is C21H24N2O6S. The fraction of sp³-hybridized carbons (Fsp3) is 0.381. The Kier molecular flexibility index (Phi) is 5.83. The van der Waals surface area contributed by atoms with Gasteiger partial charge in [0.05, 0.1) is 11.5 Å². The van der Waals surface area contributed by atoms with E-state index in [9.17, 15) is 13.2 Å². The Labute approximate surface area is 175 Å². The van der Waals surface area contributed by atoms with E-state index in [0.29, 0.717) is 37.9 Å². The van der Waals surface area contributed by atoms with Gasteiger partial charge in [-0.15, -0.1) is 0 Å². The molecule has 0 saturated carbocycles. The number of nitrogens with zero attached hydrogens (tertiary/aromatic N) is 1. The summed E-state index contributed by atoms with van der Waals surface area (Å²) in [5, 5.41) is 0. The normalized spacial score (nSPS) is 18.5. The Morgan fingerprint density at radius 2 is 1.83 bits per heavy atom. The van der Waals surface area contributed by atoms with Crippen molar-refractivity contribution in [1.29, 1.82) is 0 Å². The molecule has 0 aromatic heterocycles. The van der Waals surface area contributed by atoms with Crippen LogP contribution in [0.4, 0.5) is 5.69 Å². The molecule has 1 amide bonds. The number of ether oxygens (including phenoxy) is 3. The number of hydrogen-bond acceptors (Lipinski definition) is 6. The van der Waals surface area contributed by atoms with Gasteiger partial charge in [0.2, 0.25) is 15.9 Å². The number of benzene rings is 2. The lowest BCUT2D eigenvalue weighted by Crippen LogP contribution is -2.31. The summed E-state index contributed by atoms with van der Waals surface area (Å²) in [6, 6.07) is 11.9. The minimum absolute atomic E-state index is 0.0253. The SMILES string of the molecule is CCOc1ccc(N2C[C@H](CNS(=O)(=O)c3ccc4c(c3)OCCO4)CC2=O)cc1. The molecule has 160 valence electrons. The molecule has 2 aliphatic heterocycles. The summed E-state index contributed by atoms with van der Waals surface area (Å²) < 4.78 is 44.3. The van der Waals surface area contributed by atoms with Crippen LogP contribution in [0.15, 0.2) is 47.4 Å². The van der Waals surface area contributed by atoms with Gasteiger partial charge in [-0.1, -0.05) is 0 Å². The highest BCUT2D eigenvalue weighted by molar-refractivity contribution is 7.89. The van der Waals surface area contributed by atoms with Gasteiger partial charge < -0.3 is 19.1 Å². The number of nitrogens with one attached hydrogen (secondary N) is 1. The van der Waals surface area contributed by atoms with Crippen molar-refractivity contribution in [2.45, 2.75) is 18.2 Å². The minimum atomic E-state index is -3.72. The first kappa shape index (κ1) is 20.5. The predicted octanol–water partition coefficient (Wildman–Crippen LogP) is 2.19. The van der Waals surface area contributed by atoms with Gasteiger partial charge >= 0.3 is 0 Å². The molecule has 2 heterocycles. The molecule has 0 spiro atoms. The van der Waals surface area contributed by atoms with Crippen molar-refractivity contribution in [3.05, 3.63) is 42.5 Å². The zero-order valence-corrected chi connectivity index (χ0v) is 17.5. The zero-order chi connectivity index (χ0) is 21.1. The van der Waals surface area contributed by atoms with Gasteiger partial charge in [-0.25, -0.2) is 13.1 Å². The van der Waals surface area contributed by atoms with Gasteiger partial charge in [0.25, 0.3) is 0 Å². The lowest BCUT2D eigenvalue weighted by atomic mass is 10.1. The summed E-state index contributed by atoms with van der Waals surface area (Å²) in [5.74, 6) is 1.56. The maximum Gasteiger partial charge on any atom is 0.240 e. The van der Waals surface area contributed by atoms with Crippen molar-refractivity contribution in [3.63, 3.8) is 0 Å². The van der Waals surface area contributed by atoms with Gasteiger partial charge in [-0.05, 0) is 49.2 Å². The van der Waals surface area contributed by atoms with Crippen molar-refractivity contribution < 1.29 is 27.4 Å². The average Bonchev–Trinajstić information content (AvgIpc) is 3.13. The van der Waals surface area contributed by atoms with Crippen LogP contribution in [0.2, 0.25) is 0 Å². The molecule has 2 aromatic carbocycles. The highest BCUT2D eigenvalue weighted by atomic mass is 32.2. The van der Waals surface area contributed by atoms with E-state index >= 15 is 0 Å². The standard InChI is InChI=1S/C21H24N2O6S/c1-2-27-17-5-3-16(4-6-17)23-14-15(11-21(23)24)13-22-30(25,26)18-7-8-19-20(12-18)29-10-9-28-19/h3-8,12,15,22H,2,9-11,13-14H2,1H3/t15-/m0/s1. The Balaban J connectivity index is 1.38. The molecule has 30 heavy (non-hydrogen) atoms. The molecule has 8 nitrogen and oxygen atoms in total. The van der Waals surface area contributed by atoms with Crippen LogP contribution in [-0.2, 0) is 14.8 Å². The molecule has 9 heteroatoms. The third-order valence-corrected chi connectivity index (χ3v) is 6.47. The molecule has 1 fully saturated rings. The second kappa shape index (κ2) is 8.53. The van der Waals surface area contributed by atoms with E-state index in [2.05, 4.69) is 4.72 Å². The van der Waals surface area contributed by atoms with Crippen LogP contribution < -0.4 is 23.8 Å². The van der Waals surface area contributed by atoms with E-state index in [1.807, 2.05) is 31.2 Å². The largest absolute Gasteiger partial charge is 0.494 e. The highest BCUT2D eigenvalue weighted by Crippen LogP contribution is 2.32. The summed E-state index contributed by atoms with van der Waals surface area (Å²) in [7, 11) is -3.72. The van der Waals surface area contributed by atoms with E-state index in [1.54, 1.807) is 11.0 Å². The Morgan fingerprint density at radius 1 is 1.10 bits per heavy atom. The lowest BCUT2D eigenvalue weighted by molar-refractivity contribution is -0.117. The van der Waals surface area contributed by atoms with Crippen molar-refractivity contribution in [2.24, 2.45) is 5.92 Å². The van der Waals surface area contributed by atoms with Crippen molar-refractivity contribution in [2.75, 3.05) is 37.8 Å². The maximum atomic E-state index is 12.7. The van der Waals surface area contributed by atoms with Crippen LogP contribution in [0.5, 0.6) is 17.2 Å². The molecule has 1 N–H and O–H groups in total. The summed E-state index contributed by atoms with van der Waals surface area (Å²) in [5.41, 5.74) is 0.778. The van der Waals surface area contributed by atoms with Crippen molar-refractivity contribution >= 4 is 21.6 Å². The maximum absolute atomic E-state index is 12.7. The molecule has 2 aliphatic rings. The first-order valence-corrected chi connectivity index (χ1v) is 11.4. The summed E-state index contributed by atoms with van der Waals surface area (Å²) >= 11 is 0. The molecular weight excluding hydrogens is 408 g/mol. The molecule has 0 unspecified atom stereocenters. The first-order valence-electron chi connectivity index (χ1n) is 9.89. The molecule has 0 bridgehead atoms. The number of sulfonamides is 1. The van der Waals surface area contributed by atoms with Gasteiger partial charge in [0.1, 0.15) is 19.0 Å². The van der Waals surface area contributed by atoms with Gasteiger partial charge in [0.15, 0.2) is 11.5 Å². The Morgan fingerprint density at radius 3 is 2.57 bits per heavy atom. The summed E-state index contributed by atoms with van der Waals surface area (Å²) in [6.45, 7) is 3.95. The monoisotopic (exact) mass is 432 g/mol. The average molecular weight is 432 g/mol. The second-order valence-electron chi connectivity index (χ2n) is 7.16. The molecule has 0 aliphatic carbocycles. The molecule has 0 radical (unpaired) electrons. The van der Waals surface area contributed by atoms with Crippen molar-refractivity contribution in [3.8, 4) is 17.2 Å². The van der Waals surface area contributed by atoms with Gasteiger partial charge in [-0.2, -0.15) is 0 Å². The fourth-order valence-corrected chi connectivity index (χ4v) is 4.69. The quantitative estimate of drug-likeness (QED) is 0.721. The lowest BCUT2D eigenvalue weighted by Gasteiger charge is -2.19. The van der Waals surface area contributed by atoms with E-state index in [1.165, 1.54) is 12.1 Å². The van der Waals surface area contributed by atoms with Gasteiger partial charge in [0, 0.05) is 31.3 Å². The van der Waals surface area contributed by atoms with Crippen LogP contribution in [-0.4, -0.2) is 47.2 Å². The second-order valence-corrected chi connectivity index (χ2v) is 8.93. The predicted molar refractivity (Wildman–Crippen MR) is 111 cm³/mol. The van der Waals surface area contributed by atoms with Crippen LogP contribution in [0, 0.1) is 5.92 Å². The number of hydrogen-bond donors (Lipinski definition) is 1. The van der Waals surface area contributed by atoms with Crippen LogP contribution in [0.1, 0.15) is 13.3 Å². The van der Waals surface area contributed by atoms with E-state index in [0.717, 1.165) is 11.4 Å². The number of anilines is 1. The number of rotatable bonds is 7. The number of fused-ring (bicyclic) bond motifs is 1. The molecule has 1 atom stereocenters. The van der Waals surface area contributed by atoms with Crippen molar-refractivity contribution in [1.82, 2.24) is 4.72 Å². The smallest absolute Gasteiger partial charge is 0.240 e. The first-order chi connectivity index (χ1) is 14.5. The molecule has 4 rings (SSSR count). The third-order valence-electron chi connectivity index (χ3n) is 5.05. The van der Waals surface area contributed by atoms with E-state index in [4.69, 9.17) is 14.2 Å². The molecule has 2 aromatic rings. The van der Waals surface area contributed by atoms with Crippen LogP contribution in [0.25, 0.3) is 0 Å². The number of amides is 1. The van der Waals surface area contributed by atoms with Gasteiger partial charge in [-0.3, -0.25) is 4.79 Å². The van der Waals surface area contributed by atoms with E-state index < -0.39 is 10.0 Å². The Bertz CT molecular complexity index is 1020. The third kappa shape index (κ3) is 4.36. The fourth-order valence-electron chi connectivity index (χ4n) is 3.56. The van der Waals surface area contributed by atoms with Crippen LogP contribution in [0.3, 0.4) is 0 Å². The van der Waals surface area contributed by atoms with E-state index in [-0.39, 0.29) is 29.7 Å². The molecule has 1 saturated heterocycles.